The van der Waals surface area contributed by atoms with Crippen molar-refractivity contribution in [2.75, 3.05) is 23.7 Å². The highest BCUT2D eigenvalue weighted by atomic mass is 32.2. The summed E-state index contributed by atoms with van der Waals surface area (Å²) in [4.78, 5) is 28.1. The third kappa shape index (κ3) is 7.31. The molecule has 2 aromatic rings. The highest BCUT2D eigenvalue weighted by Crippen LogP contribution is 2.22. The fraction of sp³-hybridized carbons (Fsp3) is 0.481. The predicted molar refractivity (Wildman–Crippen MR) is 140 cm³/mol. The van der Waals surface area contributed by atoms with Crippen LogP contribution in [0.15, 0.2) is 48.5 Å². The summed E-state index contributed by atoms with van der Waals surface area (Å²) in [5.41, 5.74) is 3.46. The van der Waals surface area contributed by atoms with Gasteiger partial charge in [-0.25, -0.2) is 8.42 Å². The molecular weight excluding hydrogens is 462 g/mol. The zero-order valence-electron chi connectivity index (χ0n) is 21.2. The molecule has 0 radical (unpaired) electrons. The molecule has 35 heavy (non-hydrogen) atoms. The molecule has 0 aliphatic heterocycles. The van der Waals surface area contributed by atoms with Crippen molar-refractivity contribution >= 4 is 27.5 Å². The SMILES string of the molecule is Cc1ccc(N(CC(=O)N(CCc2ccccc2)[C@H](C)C(=O)NC2CCCC2)S(C)(=O)=O)cc1C. The Morgan fingerprint density at radius 3 is 2.29 bits per heavy atom. The number of hydrogen-bond acceptors (Lipinski definition) is 4. The number of hydrogen-bond donors (Lipinski definition) is 1. The molecule has 3 rings (SSSR count). The van der Waals surface area contributed by atoms with Crippen LogP contribution in [0.2, 0.25) is 0 Å². The first kappa shape index (κ1) is 26.7. The molecule has 0 aromatic heterocycles. The molecule has 1 fully saturated rings. The van der Waals surface area contributed by atoms with E-state index >= 15 is 0 Å². The van der Waals surface area contributed by atoms with Gasteiger partial charge >= 0.3 is 0 Å². The average Bonchev–Trinajstić information content (AvgIpc) is 3.32. The highest BCUT2D eigenvalue weighted by Gasteiger charge is 2.31. The van der Waals surface area contributed by atoms with Gasteiger partial charge in [0, 0.05) is 12.6 Å². The van der Waals surface area contributed by atoms with Crippen molar-refractivity contribution in [3.05, 3.63) is 65.2 Å². The minimum atomic E-state index is -3.72. The molecule has 190 valence electrons. The number of benzene rings is 2. The van der Waals surface area contributed by atoms with Crippen LogP contribution in [-0.4, -0.2) is 56.6 Å². The Balaban J connectivity index is 1.83. The second-order valence-corrected chi connectivity index (χ2v) is 11.4. The molecule has 0 heterocycles. The van der Waals surface area contributed by atoms with Crippen LogP contribution in [0.4, 0.5) is 5.69 Å². The topological polar surface area (TPSA) is 86.8 Å². The largest absolute Gasteiger partial charge is 0.352 e. The number of rotatable bonds is 10. The minimum absolute atomic E-state index is 0.138. The lowest BCUT2D eigenvalue weighted by atomic mass is 10.1. The van der Waals surface area contributed by atoms with Crippen LogP contribution in [-0.2, 0) is 26.0 Å². The Kier molecular flexibility index (Phi) is 8.94. The Morgan fingerprint density at radius 1 is 1.03 bits per heavy atom. The third-order valence-electron chi connectivity index (χ3n) is 6.81. The van der Waals surface area contributed by atoms with E-state index in [-0.39, 0.29) is 18.5 Å². The van der Waals surface area contributed by atoms with Crippen molar-refractivity contribution in [2.24, 2.45) is 0 Å². The van der Waals surface area contributed by atoms with Crippen LogP contribution in [0.1, 0.15) is 49.3 Å². The maximum Gasteiger partial charge on any atom is 0.244 e. The first-order valence-electron chi connectivity index (χ1n) is 12.2. The van der Waals surface area contributed by atoms with Gasteiger partial charge in [-0.3, -0.25) is 13.9 Å². The molecule has 0 saturated heterocycles. The van der Waals surface area contributed by atoms with E-state index in [2.05, 4.69) is 5.32 Å². The van der Waals surface area contributed by atoms with Gasteiger partial charge in [0.1, 0.15) is 12.6 Å². The molecule has 2 amide bonds. The van der Waals surface area contributed by atoms with Gasteiger partial charge in [-0.05, 0) is 68.9 Å². The lowest BCUT2D eigenvalue weighted by Gasteiger charge is -2.32. The summed E-state index contributed by atoms with van der Waals surface area (Å²) in [7, 11) is -3.72. The zero-order chi connectivity index (χ0) is 25.6. The first-order valence-corrected chi connectivity index (χ1v) is 14.1. The monoisotopic (exact) mass is 499 g/mol. The summed E-state index contributed by atoms with van der Waals surface area (Å²) in [6.07, 6.45) is 5.75. The van der Waals surface area contributed by atoms with E-state index in [4.69, 9.17) is 0 Å². The lowest BCUT2D eigenvalue weighted by molar-refractivity contribution is -0.139. The van der Waals surface area contributed by atoms with Gasteiger partial charge in [0.05, 0.1) is 11.9 Å². The van der Waals surface area contributed by atoms with Crippen molar-refractivity contribution in [2.45, 2.75) is 65.0 Å². The van der Waals surface area contributed by atoms with E-state index < -0.39 is 22.0 Å². The van der Waals surface area contributed by atoms with Crippen molar-refractivity contribution in [3.63, 3.8) is 0 Å². The number of carbonyl (C=O) groups excluding carboxylic acids is 2. The number of nitrogens with zero attached hydrogens (tertiary/aromatic N) is 2. The van der Waals surface area contributed by atoms with Crippen molar-refractivity contribution in [1.29, 1.82) is 0 Å². The van der Waals surface area contributed by atoms with Crippen LogP contribution in [0, 0.1) is 13.8 Å². The second kappa shape index (κ2) is 11.7. The molecule has 1 aliphatic carbocycles. The van der Waals surface area contributed by atoms with E-state index in [9.17, 15) is 18.0 Å². The van der Waals surface area contributed by atoms with E-state index in [1.165, 1.54) is 4.90 Å². The smallest absolute Gasteiger partial charge is 0.244 e. The van der Waals surface area contributed by atoms with Crippen LogP contribution in [0.5, 0.6) is 0 Å². The minimum Gasteiger partial charge on any atom is -0.352 e. The Hall–Kier alpha value is -2.87. The standard InChI is InChI=1S/C27H37N3O4S/c1-20-14-15-25(18-21(20)2)30(35(4,33)34)19-26(31)29(17-16-23-10-6-5-7-11-23)22(3)27(32)28-24-12-8-9-13-24/h5-7,10-11,14-15,18,22,24H,8-9,12-13,16-17,19H2,1-4H3,(H,28,32)/t22-/m1/s1. The lowest BCUT2D eigenvalue weighted by Crippen LogP contribution is -2.53. The Labute approximate surface area is 209 Å². The molecule has 1 N–H and O–H groups in total. The van der Waals surface area contributed by atoms with E-state index in [0.29, 0.717) is 18.7 Å². The van der Waals surface area contributed by atoms with Crippen molar-refractivity contribution < 1.29 is 18.0 Å². The van der Waals surface area contributed by atoms with Crippen LogP contribution in [0.25, 0.3) is 0 Å². The molecule has 1 atom stereocenters. The Morgan fingerprint density at radius 2 is 1.69 bits per heavy atom. The average molecular weight is 500 g/mol. The number of anilines is 1. The zero-order valence-corrected chi connectivity index (χ0v) is 22.0. The fourth-order valence-corrected chi connectivity index (χ4v) is 5.30. The summed E-state index contributed by atoms with van der Waals surface area (Å²) in [5.74, 6) is -0.603. The molecule has 0 unspecified atom stereocenters. The Bertz CT molecular complexity index is 1130. The van der Waals surface area contributed by atoms with E-state index in [0.717, 1.165) is 52.9 Å². The van der Waals surface area contributed by atoms with Gasteiger partial charge < -0.3 is 10.2 Å². The van der Waals surface area contributed by atoms with E-state index in [1.807, 2.05) is 50.2 Å². The molecule has 8 heteroatoms. The van der Waals surface area contributed by atoms with Crippen molar-refractivity contribution in [3.8, 4) is 0 Å². The van der Waals surface area contributed by atoms with Gasteiger partial charge in [0.25, 0.3) is 0 Å². The summed E-state index contributed by atoms with van der Waals surface area (Å²) >= 11 is 0. The number of sulfonamides is 1. The molecule has 1 saturated carbocycles. The summed E-state index contributed by atoms with van der Waals surface area (Å²) in [6.45, 7) is 5.52. The molecule has 1 aliphatic rings. The normalized spacial score (nSPS) is 15.0. The molecule has 2 aromatic carbocycles. The number of amides is 2. The summed E-state index contributed by atoms with van der Waals surface area (Å²) < 4.78 is 26.5. The molecular formula is C27H37N3O4S. The summed E-state index contributed by atoms with van der Waals surface area (Å²) in [5, 5.41) is 3.08. The maximum atomic E-state index is 13.6. The fourth-order valence-electron chi connectivity index (χ4n) is 4.46. The number of nitrogens with one attached hydrogen (secondary N) is 1. The maximum absolute atomic E-state index is 13.6. The van der Waals surface area contributed by atoms with Crippen LogP contribution in [0.3, 0.4) is 0 Å². The van der Waals surface area contributed by atoms with Crippen LogP contribution >= 0.6 is 0 Å². The van der Waals surface area contributed by atoms with Crippen molar-refractivity contribution in [1.82, 2.24) is 10.2 Å². The van der Waals surface area contributed by atoms with Gasteiger partial charge in [-0.2, -0.15) is 0 Å². The van der Waals surface area contributed by atoms with Gasteiger partial charge in [0.2, 0.25) is 21.8 Å². The molecule has 0 bridgehead atoms. The van der Waals surface area contributed by atoms with Gasteiger partial charge in [0.15, 0.2) is 0 Å². The predicted octanol–water partition coefficient (Wildman–Crippen LogP) is 3.59. The quantitative estimate of drug-likeness (QED) is 0.541. The van der Waals surface area contributed by atoms with Crippen LogP contribution < -0.4 is 9.62 Å². The van der Waals surface area contributed by atoms with E-state index in [1.54, 1.807) is 19.1 Å². The molecule has 0 spiro atoms. The first-order chi connectivity index (χ1) is 16.6. The number of carbonyl (C=O) groups is 2. The summed E-state index contributed by atoms with van der Waals surface area (Å²) in [6, 6.07) is 14.5. The second-order valence-electron chi connectivity index (χ2n) is 9.53. The highest BCUT2D eigenvalue weighted by molar-refractivity contribution is 7.92. The van der Waals surface area contributed by atoms with Gasteiger partial charge in [-0.1, -0.05) is 49.2 Å². The molecule has 7 nitrogen and oxygen atoms in total. The van der Waals surface area contributed by atoms with Gasteiger partial charge in [-0.15, -0.1) is 0 Å². The number of aryl methyl sites for hydroxylation is 2. The third-order valence-corrected chi connectivity index (χ3v) is 7.95.